The minimum Gasteiger partial charge on any atom is -0.399 e. The van der Waals surface area contributed by atoms with E-state index in [-0.39, 0.29) is 11.1 Å². The Bertz CT molecular complexity index is 370. The maximum Gasteiger partial charge on any atom is 0.148 e. The molecule has 3 N–H and O–H groups in total. The number of anilines is 2. The minimum atomic E-state index is -0.905. The van der Waals surface area contributed by atoms with E-state index in [1.807, 2.05) is 6.92 Å². The van der Waals surface area contributed by atoms with Crippen molar-refractivity contribution in [3.05, 3.63) is 24.0 Å². The highest BCUT2D eigenvalue weighted by Crippen LogP contribution is 2.16. The van der Waals surface area contributed by atoms with Crippen molar-refractivity contribution in [3.63, 3.8) is 0 Å². The SMILES string of the molecule is CC(CNc1ccc(N)cc1F)S(C)=O. The summed E-state index contributed by atoms with van der Waals surface area (Å²) in [4.78, 5) is 0. The van der Waals surface area contributed by atoms with E-state index in [0.29, 0.717) is 17.9 Å². The quantitative estimate of drug-likeness (QED) is 0.772. The number of halogens is 1. The molecule has 15 heavy (non-hydrogen) atoms. The summed E-state index contributed by atoms with van der Waals surface area (Å²) in [6, 6.07) is 4.46. The normalized spacial score (nSPS) is 14.6. The number of nitrogens with one attached hydrogen (secondary N) is 1. The molecule has 84 valence electrons. The Morgan fingerprint density at radius 3 is 2.80 bits per heavy atom. The molecule has 2 unspecified atom stereocenters. The average Bonchev–Trinajstić information content (AvgIpc) is 2.15. The first-order valence-electron chi connectivity index (χ1n) is 4.62. The Labute approximate surface area is 91.3 Å². The number of hydrogen-bond donors (Lipinski definition) is 2. The van der Waals surface area contributed by atoms with Crippen molar-refractivity contribution in [1.82, 2.24) is 0 Å². The van der Waals surface area contributed by atoms with Gasteiger partial charge in [0, 0.05) is 34.5 Å². The van der Waals surface area contributed by atoms with E-state index in [1.165, 1.54) is 6.07 Å². The van der Waals surface area contributed by atoms with Gasteiger partial charge in [-0.3, -0.25) is 4.21 Å². The highest BCUT2D eigenvalue weighted by molar-refractivity contribution is 7.84. The van der Waals surface area contributed by atoms with E-state index in [9.17, 15) is 8.60 Å². The highest BCUT2D eigenvalue weighted by Gasteiger charge is 2.07. The van der Waals surface area contributed by atoms with Crippen LogP contribution in [-0.2, 0) is 10.8 Å². The van der Waals surface area contributed by atoms with Crippen molar-refractivity contribution in [2.75, 3.05) is 23.9 Å². The lowest BCUT2D eigenvalue weighted by Crippen LogP contribution is -2.21. The molecule has 0 aliphatic carbocycles. The third kappa shape index (κ3) is 3.51. The second kappa shape index (κ2) is 5.11. The van der Waals surface area contributed by atoms with E-state index < -0.39 is 10.8 Å². The summed E-state index contributed by atoms with van der Waals surface area (Å²) < 4.78 is 24.3. The van der Waals surface area contributed by atoms with Crippen LogP contribution >= 0.6 is 0 Å². The van der Waals surface area contributed by atoms with Gasteiger partial charge in [-0.25, -0.2) is 4.39 Å². The number of nitrogens with two attached hydrogens (primary N) is 1. The summed E-state index contributed by atoms with van der Waals surface area (Å²) in [6.45, 7) is 2.32. The van der Waals surface area contributed by atoms with Crippen LogP contribution in [0, 0.1) is 5.82 Å². The molecule has 0 fully saturated rings. The predicted octanol–water partition coefficient (Wildman–Crippen LogP) is 1.59. The molecule has 0 bridgehead atoms. The van der Waals surface area contributed by atoms with Crippen molar-refractivity contribution >= 4 is 22.2 Å². The number of nitrogen functional groups attached to an aromatic ring is 1. The van der Waals surface area contributed by atoms with Gasteiger partial charge < -0.3 is 11.1 Å². The van der Waals surface area contributed by atoms with Gasteiger partial charge in [-0.15, -0.1) is 0 Å². The molecule has 0 aliphatic rings. The molecule has 1 aromatic carbocycles. The molecule has 3 nitrogen and oxygen atoms in total. The van der Waals surface area contributed by atoms with Gasteiger partial charge in [0.25, 0.3) is 0 Å². The average molecular weight is 230 g/mol. The van der Waals surface area contributed by atoms with Gasteiger partial charge in [0.15, 0.2) is 0 Å². The van der Waals surface area contributed by atoms with Crippen LogP contribution in [0.3, 0.4) is 0 Å². The lowest BCUT2D eigenvalue weighted by Gasteiger charge is -2.11. The van der Waals surface area contributed by atoms with E-state index >= 15 is 0 Å². The molecule has 0 heterocycles. The van der Waals surface area contributed by atoms with Crippen molar-refractivity contribution in [2.45, 2.75) is 12.2 Å². The molecule has 0 aromatic heterocycles. The van der Waals surface area contributed by atoms with Crippen LogP contribution in [0.2, 0.25) is 0 Å². The smallest absolute Gasteiger partial charge is 0.148 e. The van der Waals surface area contributed by atoms with E-state index in [0.717, 1.165) is 0 Å². The molecule has 1 aromatic rings. The van der Waals surface area contributed by atoms with Crippen LogP contribution in [0.1, 0.15) is 6.92 Å². The topological polar surface area (TPSA) is 55.1 Å². The molecular weight excluding hydrogens is 215 g/mol. The third-order valence-electron chi connectivity index (χ3n) is 2.14. The van der Waals surface area contributed by atoms with Gasteiger partial charge in [0.1, 0.15) is 5.82 Å². The molecule has 0 spiro atoms. The fourth-order valence-electron chi connectivity index (χ4n) is 1.05. The first-order chi connectivity index (χ1) is 7.00. The molecule has 0 radical (unpaired) electrons. The Morgan fingerprint density at radius 2 is 2.27 bits per heavy atom. The molecule has 1 rings (SSSR count). The molecule has 5 heteroatoms. The number of rotatable bonds is 4. The zero-order chi connectivity index (χ0) is 11.4. The largest absolute Gasteiger partial charge is 0.399 e. The highest BCUT2D eigenvalue weighted by atomic mass is 32.2. The summed E-state index contributed by atoms with van der Waals surface area (Å²) in [5.74, 6) is -0.385. The Hall–Kier alpha value is -1.10. The maximum atomic E-state index is 13.3. The fraction of sp³-hybridized carbons (Fsp3) is 0.400. The standard InChI is InChI=1S/C10H15FN2OS/c1-7(15(2)14)6-13-10-4-3-8(12)5-9(10)11/h3-5,7,13H,6,12H2,1-2H3. The van der Waals surface area contributed by atoms with Crippen LogP contribution in [0.15, 0.2) is 18.2 Å². The van der Waals surface area contributed by atoms with Crippen molar-refractivity contribution < 1.29 is 8.60 Å². The second-order valence-corrected chi connectivity index (χ2v) is 5.23. The van der Waals surface area contributed by atoms with Crippen LogP contribution < -0.4 is 11.1 Å². The van der Waals surface area contributed by atoms with E-state index in [2.05, 4.69) is 5.32 Å². The Balaban J connectivity index is 2.62. The minimum absolute atomic E-state index is 0.0121. The molecular formula is C10H15FN2OS. The lowest BCUT2D eigenvalue weighted by atomic mass is 10.2. The van der Waals surface area contributed by atoms with Crippen LogP contribution in [-0.4, -0.2) is 22.3 Å². The third-order valence-corrected chi connectivity index (χ3v) is 3.44. The number of benzene rings is 1. The maximum absolute atomic E-state index is 13.3. The van der Waals surface area contributed by atoms with Crippen molar-refractivity contribution in [3.8, 4) is 0 Å². The zero-order valence-corrected chi connectivity index (χ0v) is 9.60. The molecule has 0 saturated carbocycles. The first-order valence-corrected chi connectivity index (χ1v) is 6.24. The molecule has 0 aliphatic heterocycles. The van der Waals surface area contributed by atoms with Gasteiger partial charge in [-0.05, 0) is 25.1 Å². The Morgan fingerprint density at radius 1 is 1.60 bits per heavy atom. The second-order valence-electron chi connectivity index (χ2n) is 3.43. The molecule has 0 amide bonds. The van der Waals surface area contributed by atoms with Crippen molar-refractivity contribution in [2.24, 2.45) is 0 Å². The summed E-state index contributed by atoms with van der Waals surface area (Å²) in [7, 11) is -0.905. The van der Waals surface area contributed by atoms with Crippen LogP contribution in [0.25, 0.3) is 0 Å². The first kappa shape index (κ1) is 12.0. The summed E-state index contributed by atoms with van der Waals surface area (Å²) in [5, 5.41) is 2.89. The van der Waals surface area contributed by atoms with Gasteiger partial charge in [0.2, 0.25) is 0 Å². The zero-order valence-electron chi connectivity index (χ0n) is 8.79. The van der Waals surface area contributed by atoms with Crippen molar-refractivity contribution in [1.29, 1.82) is 0 Å². The summed E-state index contributed by atoms with van der Waals surface area (Å²) >= 11 is 0. The molecule has 0 saturated heterocycles. The molecule has 2 atom stereocenters. The lowest BCUT2D eigenvalue weighted by molar-refractivity contribution is 0.630. The van der Waals surface area contributed by atoms with Gasteiger partial charge in [-0.1, -0.05) is 0 Å². The van der Waals surface area contributed by atoms with Gasteiger partial charge in [-0.2, -0.15) is 0 Å². The predicted molar refractivity (Wildman–Crippen MR) is 62.8 cm³/mol. The monoisotopic (exact) mass is 230 g/mol. The van der Waals surface area contributed by atoms with Crippen LogP contribution in [0.4, 0.5) is 15.8 Å². The van der Waals surface area contributed by atoms with E-state index in [4.69, 9.17) is 5.73 Å². The van der Waals surface area contributed by atoms with Gasteiger partial charge >= 0.3 is 0 Å². The van der Waals surface area contributed by atoms with E-state index in [1.54, 1.807) is 18.4 Å². The number of hydrogen-bond acceptors (Lipinski definition) is 3. The summed E-state index contributed by atoms with van der Waals surface area (Å²) in [6.07, 6.45) is 1.63. The van der Waals surface area contributed by atoms with Gasteiger partial charge in [0.05, 0.1) is 5.69 Å². The van der Waals surface area contributed by atoms with Crippen LogP contribution in [0.5, 0.6) is 0 Å². The summed E-state index contributed by atoms with van der Waals surface area (Å²) in [5.41, 5.74) is 6.20. The Kier molecular flexibility index (Phi) is 4.08. The fourth-order valence-corrected chi connectivity index (χ4v) is 1.36.